The molecule has 2 saturated carbocycles. The van der Waals surface area contributed by atoms with Gasteiger partial charge < -0.3 is 14.2 Å². The molecule has 2 aliphatic carbocycles. The third-order valence-electron chi connectivity index (χ3n) is 6.21. The van der Waals surface area contributed by atoms with Crippen LogP contribution in [0.1, 0.15) is 33.6 Å². The Hall–Kier alpha value is -1.36. The summed E-state index contributed by atoms with van der Waals surface area (Å²) in [6.45, 7) is 9.63. The average Bonchev–Trinajstić information content (AvgIpc) is 2.88. The minimum absolute atomic E-state index is 0.108. The van der Waals surface area contributed by atoms with Gasteiger partial charge in [0.2, 0.25) is 0 Å². The predicted octanol–water partition coefficient (Wildman–Crippen LogP) is 1.85. The van der Waals surface area contributed by atoms with E-state index in [4.69, 9.17) is 14.2 Å². The van der Waals surface area contributed by atoms with Gasteiger partial charge in [0.05, 0.1) is 17.6 Å². The van der Waals surface area contributed by atoms with E-state index in [2.05, 4.69) is 13.5 Å². The van der Waals surface area contributed by atoms with Crippen LogP contribution >= 0.6 is 0 Å². The summed E-state index contributed by atoms with van der Waals surface area (Å²) in [5, 5.41) is 0. The summed E-state index contributed by atoms with van der Waals surface area (Å²) in [4.78, 5) is 23.6. The lowest BCUT2D eigenvalue weighted by atomic mass is 9.77. The Morgan fingerprint density at radius 1 is 1.45 bits per heavy atom. The molecule has 4 fully saturated rings. The van der Waals surface area contributed by atoms with Gasteiger partial charge in [-0.05, 0) is 19.3 Å². The Bertz CT molecular complexity index is 569. The number of hydrogen-bond acceptors (Lipinski definition) is 5. The van der Waals surface area contributed by atoms with E-state index >= 15 is 0 Å². The number of hydrogen-bond donors (Lipinski definition) is 0. The molecule has 0 aromatic carbocycles. The number of epoxide rings is 1. The van der Waals surface area contributed by atoms with Gasteiger partial charge in [-0.15, -0.1) is 0 Å². The maximum atomic E-state index is 12.2. The molecule has 4 aliphatic rings. The molecular weight excluding hydrogens is 284 g/mol. The van der Waals surface area contributed by atoms with Crippen molar-refractivity contribution in [2.45, 2.75) is 57.5 Å². The Morgan fingerprint density at radius 3 is 2.86 bits per heavy atom. The molecule has 22 heavy (non-hydrogen) atoms. The monoisotopic (exact) mass is 306 g/mol. The van der Waals surface area contributed by atoms with Gasteiger partial charge in [0.1, 0.15) is 12.2 Å². The highest BCUT2D eigenvalue weighted by atomic mass is 16.6. The van der Waals surface area contributed by atoms with E-state index in [0.717, 1.165) is 12.0 Å². The van der Waals surface area contributed by atoms with Gasteiger partial charge in [-0.3, -0.25) is 9.59 Å². The first-order valence-electron chi connectivity index (χ1n) is 8.06. The number of rotatable bonds is 1. The summed E-state index contributed by atoms with van der Waals surface area (Å²) in [6, 6.07) is 0. The van der Waals surface area contributed by atoms with E-state index in [9.17, 15) is 9.59 Å². The molecule has 0 spiro atoms. The van der Waals surface area contributed by atoms with Crippen LogP contribution in [0.5, 0.6) is 0 Å². The largest absolute Gasteiger partial charge is 0.462 e. The average molecular weight is 306 g/mol. The van der Waals surface area contributed by atoms with E-state index in [1.807, 2.05) is 6.92 Å². The highest BCUT2D eigenvalue weighted by molar-refractivity contribution is 5.75. The van der Waals surface area contributed by atoms with Crippen molar-refractivity contribution >= 4 is 11.9 Å². The Labute approximate surface area is 130 Å². The molecule has 2 heterocycles. The molecule has 2 aliphatic heterocycles. The van der Waals surface area contributed by atoms with E-state index in [-0.39, 0.29) is 59.5 Å². The minimum atomic E-state index is -0.331. The zero-order valence-corrected chi connectivity index (χ0v) is 13.2. The molecule has 0 amide bonds. The quantitative estimate of drug-likeness (QED) is 0.420. The minimum Gasteiger partial charge on any atom is -0.462 e. The van der Waals surface area contributed by atoms with Crippen LogP contribution in [0.25, 0.3) is 0 Å². The summed E-state index contributed by atoms with van der Waals surface area (Å²) in [7, 11) is 0. The van der Waals surface area contributed by atoms with Crippen molar-refractivity contribution in [1.82, 2.24) is 0 Å². The molecule has 120 valence electrons. The van der Waals surface area contributed by atoms with Crippen molar-refractivity contribution in [3.05, 3.63) is 12.2 Å². The van der Waals surface area contributed by atoms with Gasteiger partial charge in [-0.25, -0.2) is 0 Å². The SMILES string of the molecule is C=C1C[C@@H](OC(C)=O)[C@@H]2[C@@H](OC(=O)[C@@H]2C)[C@@H]2[C@H]1C[C@H]1O[C@]21C. The fraction of sp³-hybridized carbons (Fsp3) is 0.765. The fourth-order valence-corrected chi connectivity index (χ4v) is 5.09. The summed E-state index contributed by atoms with van der Waals surface area (Å²) in [5.74, 6) is -0.461. The van der Waals surface area contributed by atoms with Crippen molar-refractivity contribution in [2.24, 2.45) is 23.7 Å². The lowest BCUT2D eigenvalue weighted by molar-refractivity contribution is -0.151. The van der Waals surface area contributed by atoms with E-state index < -0.39 is 0 Å². The van der Waals surface area contributed by atoms with E-state index in [1.165, 1.54) is 6.92 Å². The second kappa shape index (κ2) is 4.34. The van der Waals surface area contributed by atoms with E-state index in [1.54, 1.807) is 0 Å². The molecule has 0 N–H and O–H groups in total. The van der Waals surface area contributed by atoms with Crippen LogP contribution in [0.15, 0.2) is 12.2 Å². The Balaban J connectivity index is 1.74. The smallest absolute Gasteiger partial charge is 0.309 e. The number of fused-ring (bicyclic) bond motifs is 5. The molecule has 4 rings (SSSR count). The molecule has 0 bridgehead atoms. The molecule has 2 saturated heterocycles. The molecule has 0 aromatic heterocycles. The Morgan fingerprint density at radius 2 is 2.18 bits per heavy atom. The highest BCUT2D eigenvalue weighted by Gasteiger charge is 2.72. The van der Waals surface area contributed by atoms with Gasteiger partial charge in [0, 0.05) is 25.2 Å². The summed E-state index contributed by atoms with van der Waals surface area (Å²) < 4.78 is 17.2. The van der Waals surface area contributed by atoms with Crippen molar-refractivity contribution in [1.29, 1.82) is 0 Å². The first-order chi connectivity index (χ1) is 10.3. The first-order valence-corrected chi connectivity index (χ1v) is 8.06. The van der Waals surface area contributed by atoms with Crippen molar-refractivity contribution in [3.63, 3.8) is 0 Å². The lowest BCUT2D eigenvalue weighted by Gasteiger charge is -2.31. The first kappa shape index (κ1) is 14.2. The molecule has 5 nitrogen and oxygen atoms in total. The van der Waals surface area contributed by atoms with Crippen molar-refractivity contribution < 1.29 is 23.8 Å². The van der Waals surface area contributed by atoms with Crippen LogP contribution in [-0.2, 0) is 23.8 Å². The molecule has 8 atom stereocenters. The van der Waals surface area contributed by atoms with Crippen LogP contribution in [0.4, 0.5) is 0 Å². The fourth-order valence-electron chi connectivity index (χ4n) is 5.09. The summed E-state index contributed by atoms with van der Waals surface area (Å²) in [6.07, 6.45) is 1.23. The number of ether oxygens (including phenoxy) is 3. The van der Waals surface area contributed by atoms with Gasteiger partial charge in [0.25, 0.3) is 0 Å². The zero-order chi connectivity index (χ0) is 15.8. The highest BCUT2D eigenvalue weighted by Crippen LogP contribution is 2.63. The third kappa shape index (κ3) is 1.75. The zero-order valence-electron chi connectivity index (χ0n) is 13.2. The van der Waals surface area contributed by atoms with Gasteiger partial charge in [-0.1, -0.05) is 19.1 Å². The van der Waals surface area contributed by atoms with Gasteiger partial charge in [-0.2, -0.15) is 0 Å². The second-order valence-electron chi connectivity index (χ2n) is 7.44. The molecule has 5 heteroatoms. The van der Waals surface area contributed by atoms with Crippen LogP contribution in [0, 0.1) is 23.7 Å². The molecular formula is C17H22O5. The van der Waals surface area contributed by atoms with Crippen LogP contribution < -0.4 is 0 Å². The maximum absolute atomic E-state index is 12.2. The normalized spacial score (nSPS) is 52.2. The topological polar surface area (TPSA) is 65.1 Å². The number of carbonyl (C=O) groups is 2. The lowest BCUT2D eigenvalue weighted by Crippen LogP contribution is -2.41. The van der Waals surface area contributed by atoms with Gasteiger partial charge >= 0.3 is 11.9 Å². The number of carbonyl (C=O) groups excluding carboxylic acids is 2. The standard InChI is InChI=1S/C17H22O5/c1-7-5-11(20-9(3)18)13-8(2)16(19)21-15(13)14-10(7)6-12-17(14,4)22-12/h8,10-15H,1,5-6H2,2-4H3/t8-,10+,11-,12-,13-,14+,15-,17+/m1/s1. The van der Waals surface area contributed by atoms with Crippen LogP contribution in [0.2, 0.25) is 0 Å². The summed E-state index contributed by atoms with van der Waals surface area (Å²) >= 11 is 0. The second-order valence-corrected chi connectivity index (χ2v) is 7.44. The van der Waals surface area contributed by atoms with Gasteiger partial charge in [0.15, 0.2) is 0 Å². The van der Waals surface area contributed by atoms with Crippen LogP contribution in [0.3, 0.4) is 0 Å². The maximum Gasteiger partial charge on any atom is 0.309 e. The van der Waals surface area contributed by atoms with Crippen molar-refractivity contribution in [3.8, 4) is 0 Å². The Kier molecular flexibility index (Phi) is 2.81. The number of esters is 2. The van der Waals surface area contributed by atoms with Crippen molar-refractivity contribution in [2.75, 3.05) is 0 Å². The molecule has 0 unspecified atom stereocenters. The third-order valence-corrected chi connectivity index (χ3v) is 6.21. The predicted molar refractivity (Wildman–Crippen MR) is 76.7 cm³/mol. The van der Waals surface area contributed by atoms with E-state index in [0.29, 0.717) is 6.42 Å². The molecule has 0 aromatic rings. The van der Waals surface area contributed by atoms with Crippen LogP contribution in [-0.4, -0.2) is 35.9 Å². The molecule has 0 radical (unpaired) electrons. The summed E-state index contributed by atoms with van der Waals surface area (Å²) in [5.41, 5.74) is 0.886.